The molecule has 0 spiro atoms. The summed E-state index contributed by atoms with van der Waals surface area (Å²) in [5.74, 6) is -0.424. The number of likely N-dealkylation sites (N-methyl/N-ethyl adjacent to an activating group) is 2. The van der Waals surface area contributed by atoms with Gasteiger partial charge < -0.3 is 19.4 Å². The largest absolute Gasteiger partial charge is 0.484 e. The molecule has 0 saturated carbocycles. The van der Waals surface area contributed by atoms with Crippen LogP contribution in [0.25, 0.3) is 0 Å². The third-order valence-electron chi connectivity index (χ3n) is 5.18. The van der Waals surface area contributed by atoms with E-state index in [0.717, 1.165) is 10.4 Å². The van der Waals surface area contributed by atoms with Gasteiger partial charge in [-0.3, -0.25) is 14.4 Å². The van der Waals surface area contributed by atoms with Crippen molar-refractivity contribution in [2.24, 2.45) is 0 Å². The van der Waals surface area contributed by atoms with Crippen molar-refractivity contribution in [3.63, 3.8) is 0 Å². The number of anilines is 1. The van der Waals surface area contributed by atoms with Crippen molar-refractivity contribution in [1.29, 1.82) is 0 Å². The molecule has 152 valence electrons. The lowest BCUT2D eigenvalue weighted by Crippen LogP contribution is -2.39. The highest BCUT2D eigenvalue weighted by Gasteiger charge is 2.36. The van der Waals surface area contributed by atoms with Crippen LogP contribution in [0, 0.1) is 5.82 Å². The predicted molar refractivity (Wildman–Crippen MR) is 106 cm³/mol. The van der Waals surface area contributed by atoms with E-state index in [0.29, 0.717) is 35.8 Å². The summed E-state index contributed by atoms with van der Waals surface area (Å²) in [6.07, 6.45) is 0.547. The van der Waals surface area contributed by atoms with Gasteiger partial charge in [0.25, 0.3) is 11.8 Å². The molecule has 2 aromatic rings. The fourth-order valence-corrected chi connectivity index (χ4v) is 4.84. The van der Waals surface area contributed by atoms with Crippen molar-refractivity contribution >= 4 is 34.1 Å². The Hall–Kier alpha value is -2.94. The summed E-state index contributed by atoms with van der Waals surface area (Å²) in [5.41, 5.74) is 1.50. The van der Waals surface area contributed by atoms with Gasteiger partial charge in [-0.05, 0) is 36.2 Å². The van der Waals surface area contributed by atoms with Gasteiger partial charge in [0.2, 0.25) is 5.91 Å². The number of carbonyl (C=O) groups excluding carboxylic acids is 3. The lowest BCUT2D eigenvalue weighted by molar-refractivity contribution is -0.134. The molecule has 1 aromatic heterocycles. The van der Waals surface area contributed by atoms with Gasteiger partial charge >= 0.3 is 0 Å². The van der Waals surface area contributed by atoms with E-state index in [1.165, 1.54) is 45.4 Å². The molecule has 0 N–H and O–H groups in total. The normalized spacial score (nSPS) is 16.4. The molecule has 0 aliphatic carbocycles. The third kappa shape index (κ3) is 3.57. The molecule has 0 unspecified atom stereocenters. The summed E-state index contributed by atoms with van der Waals surface area (Å²) in [6.45, 7) is 0.747. The molecule has 29 heavy (non-hydrogen) atoms. The van der Waals surface area contributed by atoms with Crippen molar-refractivity contribution in [3.05, 3.63) is 46.1 Å². The number of ether oxygens (including phenoxy) is 1. The number of hydrogen-bond donors (Lipinski definition) is 0. The molecule has 2 aliphatic heterocycles. The maximum atomic E-state index is 13.0. The third-order valence-corrected chi connectivity index (χ3v) is 6.47. The van der Waals surface area contributed by atoms with Crippen LogP contribution in [-0.2, 0) is 22.6 Å². The van der Waals surface area contributed by atoms with E-state index in [2.05, 4.69) is 0 Å². The quantitative estimate of drug-likeness (QED) is 0.765. The Morgan fingerprint density at radius 2 is 1.90 bits per heavy atom. The summed E-state index contributed by atoms with van der Waals surface area (Å²) < 4.78 is 18.4. The monoisotopic (exact) mass is 417 g/mol. The molecule has 4 rings (SSSR count). The molecular formula is C20H20FN3O4S. The number of halogens is 1. The van der Waals surface area contributed by atoms with Crippen LogP contribution in [0.15, 0.2) is 24.3 Å². The second-order valence-corrected chi connectivity index (χ2v) is 8.19. The van der Waals surface area contributed by atoms with Crippen molar-refractivity contribution < 1.29 is 23.5 Å². The fourth-order valence-electron chi connectivity index (χ4n) is 3.51. The van der Waals surface area contributed by atoms with Crippen molar-refractivity contribution in [2.45, 2.75) is 13.0 Å². The van der Waals surface area contributed by atoms with E-state index >= 15 is 0 Å². The first-order valence-corrected chi connectivity index (χ1v) is 9.99. The highest BCUT2D eigenvalue weighted by Crippen LogP contribution is 2.40. The van der Waals surface area contributed by atoms with Gasteiger partial charge in [-0.1, -0.05) is 0 Å². The lowest BCUT2D eigenvalue weighted by atomic mass is 10.0. The molecular weight excluding hydrogens is 397 g/mol. The number of benzene rings is 1. The zero-order chi connectivity index (χ0) is 20.7. The van der Waals surface area contributed by atoms with Gasteiger partial charge in [0.1, 0.15) is 23.1 Å². The summed E-state index contributed by atoms with van der Waals surface area (Å²) in [4.78, 5) is 43.2. The number of carbonyl (C=O) groups is 3. The summed E-state index contributed by atoms with van der Waals surface area (Å²) in [6, 6.07) is 5.50. The molecule has 9 heteroatoms. The number of nitrogens with zero attached hydrogens (tertiary/aromatic N) is 3. The van der Waals surface area contributed by atoms with Gasteiger partial charge in [-0.25, -0.2) is 4.39 Å². The van der Waals surface area contributed by atoms with E-state index in [4.69, 9.17) is 4.74 Å². The predicted octanol–water partition coefficient (Wildman–Crippen LogP) is 1.90. The topological polar surface area (TPSA) is 70.2 Å². The zero-order valence-corrected chi connectivity index (χ0v) is 16.9. The summed E-state index contributed by atoms with van der Waals surface area (Å²) in [5, 5.41) is 0.645. The smallest absolute Gasteiger partial charge is 0.260 e. The Bertz CT molecular complexity index is 988. The van der Waals surface area contributed by atoms with Crippen LogP contribution in [0.3, 0.4) is 0 Å². The number of amides is 3. The van der Waals surface area contributed by atoms with Crippen LogP contribution in [0.5, 0.6) is 5.75 Å². The molecule has 7 nitrogen and oxygen atoms in total. The first-order valence-electron chi connectivity index (χ1n) is 9.18. The first kappa shape index (κ1) is 19.4. The van der Waals surface area contributed by atoms with Gasteiger partial charge in [-0.2, -0.15) is 0 Å². The summed E-state index contributed by atoms with van der Waals surface area (Å²) in [7, 11) is 3.30. The lowest BCUT2D eigenvalue weighted by Gasteiger charge is -2.27. The van der Waals surface area contributed by atoms with Crippen LogP contribution in [0.4, 0.5) is 9.39 Å². The first-order chi connectivity index (χ1) is 13.8. The Morgan fingerprint density at radius 3 is 2.62 bits per heavy atom. The Morgan fingerprint density at radius 1 is 1.17 bits per heavy atom. The minimum Gasteiger partial charge on any atom is -0.484 e. The summed E-state index contributed by atoms with van der Waals surface area (Å²) >= 11 is 1.39. The zero-order valence-electron chi connectivity index (χ0n) is 16.1. The maximum absolute atomic E-state index is 13.0. The number of hydrogen-bond acceptors (Lipinski definition) is 5. The van der Waals surface area contributed by atoms with Crippen LogP contribution < -0.4 is 9.64 Å². The molecule has 1 aromatic carbocycles. The van der Waals surface area contributed by atoms with Crippen molar-refractivity contribution in [1.82, 2.24) is 9.80 Å². The standard InChI is InChI=1S/C20H20FN3O4S/c1-22-10-16(25)23(2)20-18(19(22)27)14-7-8-24(9-15(14)29-20)17(26)11-28-13-5-3-12(21)4-6-13/h3-6H,7-11H2,1-2H3. The second-order valence-electron chi connectivity index (χ2n) is 7.11. The molecule has 0 saturated heterocycles. The van der Waals surface area contributed by atoms with Gasteiger partial charge in [0.05, 0.1) is 12.1 Å². The van der Waals surface area contributed by atoms with E-state index in [1.54, 1.807) is 19.0 Å². The fraction of sp³-hybridized carbons (Fsp3) is 0.350. The van der Waals surface area contributed by atoms with E-state index in [9.17, 15) is 18.8 Å². The highest BCUT2D eigenvalue weighted by molar-refractivity contribution is 7.17. The molecule has 0 radical (unpaired) electrons. The minimum atomic E-state index is -0.367. The minimum absolute atomic E-state index is 0.0524. The van der Waals surface area contributed by atoms with Crippen LogP contribution in [0.2, 0.25) is 0 Å². The SMILES string of the molecule is CN1CC(=O)N(C)c2sc3c(c2C1=O)CCN(C(=O)COc1ccc(F)cc1)C3. The average Bonchev–Trinajstić information content (AvgIpc) is 3.07. The Balaban J connectivity index is 1.50. The average molecular weight is 417 g/mol. The van der Waals surface area contributed by atoms with E-state index in [1.807, 2.05) is 0 Å². The van der Waals surface area contributed by atoms with Crippen LogP contribution in [0.1, 0.15) is 20.8 Å². The Labute approximate surface area is 171 Å². The van der Waals surface area contributed by atoms with Crippen LogP contribution >= 0.6 is 11.3 Å². The molecule has 0 fully saturated rings. The molecule has 3 heterocycles. The second kappa shape index (κ2) is 7.47. The molecule has 3 amide bonds. The van der Waals surface area contributed by atoms with E-state index < -0.39 is 0 Å². The number of fused-ring (bicyclic) bond motifs is 3. The number of thiophene rings is 1. The van der Waals surface area contributed by atoms with Gasteiger partial charge in [0, 0.05) is 25.5 Å². The van der Waals surface area contributed by atoms with Crippen molar-refractivity contribution in [2.75, 3.05) is 38.7 Å². The molecule has 0 bridgehead atoms. The number of rotatable bonds is 3. The van der Waals surface area contributed by atoms with E-state index in [-0.39, 0.29) is 36.7 Å². The van der Waals surface area contributed by atoms with Gasteiger partial charge in [0.15, 0.2) is 6.61 Å². The maximum Gasteiger partial charge on any atom is 0.260 e. The van der Waals surface area contributed by atoms with Crippen molar-refractivity contribution in [3.8, 4) is 5.75 Å². The molecule has 2 aliphatic rings. The molecule has 0 atom stereocenters. The Kier molecular flexibility index (Phi) is 4.99. The highest BCUT2D eigenvalue weighted by atomic mass is 32.1. The van der Waals surface area contributed by atoms with Crippen LogP contribution in [-0.4, -0.2) is 61.3 Å². The van der Waals surface area contributed by atoms with Gasteiger partial charge in [-0.15, -0.1) is 11.3 Å².